The standard InChI is InChI=1S/C22H20BrNO5S/c1-3-28-20(25)12-24-21(26)19(30-22(24)27)11-16-10-17(23)7-8-18(16)29-13-15-6-4-5-14(2)9-15/h4-11H,3,12-13H2,1-2H3/b19-11-. The number of carbonyl (C=O) groups excluding carboxylic acids is 3. The van der Waals surface area contributed by atoms with Crippen LogP contribution in [0.5, 0.6) is 5.75 Å². The number of hydrogen-bond donors (Lipinski definition) is 0. The third-order valence-corrected chi connectivity index (χ3v) is 5.60. The van der Waals surface area contributed by atoms with Crippen LogP contribution in [0.4, 0.5) is 4.79 Å². The van der Waals surface area contributed by atoms with Gasteiger partial charge in [-0.2, -0.15) is 0 Å². The Kier molecular flexibility index (Phi) is 7.33. The maximum atomic E-state index is 12.6. The van der Waals surface area contributed by atoms with Crippen molar-refractivity contribution in [2.75, 3.05) is 13.2 Å². The van der Waals surface area contributed by atoms with E-state index in [0.29, 0.717) is 17.9 Å². The molecule has 1 heterocycles. The number of hydrogen-bond acceptors (Lipinski definition) is 6. The zero-order chi connectivity index (χ0) is 21.7. The molecule has 1 aliphatic heterocycles. The van der Waals surface area contributed by atoms with Gasteiger partial charge in [-0.1, -0.05) is 45.8 Å². The van der Waals surface area contributed by atoms with Crippen molar-refractivity contribution in [3.8, 4) is 5.75 Å². The van der Waals surface area contributed by atoms with Crippen molar-refractivity contribution in [3.05, 3.63) is 68.5 Å². The molecule has 0 aromatic heterocycles. The number of benzene rings is 2. The minimum atomic E-state index is -0.620. The van der Waals surface area contributed by atoms with Crippen LogP contribution in [0.3, 0.4) is 0 Å². The third-order valence-electron chi connectivity index (χ3n) is 4.20. The molecule has 2 aromatic carbocycles. The van der Waals surface area contributed by atoms with Crippen LogP contribution in [0.2, 0.25) is 0 Å². The van der Waals surface area contributed by atoms with Gasteiger partial charge in [-0.25, -0.2) is 0 Å². The summed E-state index contributed by atoms with van der Waals surface area (Å²) in [4.78, 5) is 37.6. The number of carbonyl (C=O) groups is 3. The van der Waals surface area contributed by atoms with E-state index >= 15 is 0 Å². The van der Waals surface area contributed by atoms with E-state index in [1.54, 1.807) is 19.1 Å². The van der Waals surface area contributed by atoms with Crippen molar-refractivity contribution in [1.82, 2.24) is 4.90 Å². The van der Waals surface area contributed by atoms with Crippen molar-refractivity contribution in [3.63, 3.8) is 0 Å². The molecule has 6 nitrogen and oxygen atoms in total. The molecular weight excluding hydrogens is 470 g/mol. The largest absolute Gasteiger partial charge is 0.488 e. The Morgan fingerprint density at radius 3 is 2.73 bits per heavy atom. The van der Waals surface area contributed by atoms with E-state index in [-0.39, 0.29) is 11.5 Å². The van der Waals surface area contributed by atoms with Crippen LogP contribution in [0, 0.1) is 6.92 Å². The Morgan fingerprint density at radius 2 is 2.00 bits per heavy atom. The Bertz CT molecular complexity index is 1020. The molecule has 0 unspecified atom stereocenters. The molecule has 0 saturated carbocycles. The smallest absolute Gasteiger partial charge is 0.326 e. The molecule has 156 valence electrons. The van der Waals surface area contributed by atoms with E-state index in [1.165, 1.54) is 0 Å². The third kappa shape index (κ3) is 5.52. The predicted molar refractivity (Wildman–Crippen MR) is 119 cm³/mol. The molecular formula is C22H20BrNO5S. The lowest BCUT2D eigenvalue weighted by Crippen LogP contribution is -2.34. The highest BCUT2D eigenvalue weighted by atomic mass is 79.9. The summed E-state index contributed by atoms with van der Waals surface area (Å²) in [5.41, 5.74) is 2.82. The maximum absolute atomic E-state index is 12.6. The van der Waals surface area contributed by atoms with Crippen LogP contribution in [-0.4, -0.2) is 35.2 Å². The minimum absolute atomic E-state index is 0.185. The predicted octanol–water partition coefficient (Wildman–Crippen LogP) is 4.94. The molecule has 0 atom stereocenters. The fourth-order valence-electron chi connectivity index (χ4n) is 2.84. The maximum Gasteiger partial charge on any atom is 0.326 e. The van der Waals surface area contributed by atoms with Gasteiger partial charge in [0.2, 0.25) is 0 Å². The quantitative estimate of drug-likeness (QED) is 0.405. The number of thioether (sulfide) groups is 1. The molecule has 0 spiro atoms. The van der Waals surface area contributed by atoms with Gasteiger partial charge in [0.15, 0.2) is 0 Å². The number of imide groups is 1. The van der Waals surface area contributed by atoms with E-state index in [0.717, 1.165) is 32.3 Å². The summed E-state index contributed by atoms with van der Waals surface area (Å²) < 4.78 is 11.6. The van der Waals surface area contributed by atoms with Gasteiger partial charge in [0.1, 0.15) is 18.9 Å². The first-order chi connectivity index (χ1) is 14.4. The van der Waals surface area contributed by atoms with E-state index in [9.17, 15) is 14.4 Å². The first-order valence-corrected chi connectivity index (χ1v) is 10.9. The molecule has 8 heteroatoms. The van der Waals surface area contributed by atoms with Crippen LogP contribution in [0.1, 0.15) is 23.6 Å². The van der Waals surface area contributed by atoms with Gasteiger partial charge >= 0.3 is 5.97 Å². The highest BCUT2D eigenvalue weighted by Crippen LogP contribution is 2.35. The molecule has 0 radical (unpaired) electrons. The van der Waals surface area contributed by atoms with Crippen LogP contribution >= 0.6 is 27.7 Å². The molecule has 3 rings (SSSR count). The number of amides is 2. The summed E-state index contributed by atoms with van der Waals surface area (Å²) in [7, 11) is 0. The average Bonchev–Trinajstić information content (AvgIpc) is 2.95. The first-order valence-electron chi connectivity index (χ1n) is 9.26. The zero-order valence-electron chi connectivity index (χ0n) is 16.5. The van der Waals surface area contributed by atoms with Gasteiger partial charge in [0, 0.05) is 10.0 Å². The molecule has 1 saturated heterocycles. The molecule has 0 N–H and O–H groups in total. The number of halogens is 1. The second-order valence-electron chi connectivity index (χ2n) is 6.53. The van der Waals surface area contributed by atoms with Crippen molar-refractivity contribution in [2.24, 2.45) is 0 Å². The number of nitrogens with zero attached hydrogens (tertiary/aromatic N) is 1. The Labute approximate surface area is 187 Å². The number of esters is 1. The summed E-state index contributed by atoms with van der Waals surface area (Å²) >= 11 is 4.21. The lowest BCUT2D eigenvalue weighted by molar-refractivity contribution is -0.145. The van der Waals surface area contributed by atoms with Crippen molar-refractivity contribution < 1.29 is 23.9 Å². The second-order valence-corrected chi connectivity index (χ2v) is 8.44. The SMILES string of the molecule is CCOC(=O)CN1C(=O)S/C(=C\c2cc(Br)ccc2OCc2cccc(C)c2)C1=O. The Hall–Kier alpha value is -2.58. The number of aryl methyl sites for hydroxylation is 1. The van der Waals surface area contributed by atoms with Crippen molar-refractivity contribution in [1.29, 1.82) is 0 Å². The van der Waals surface area contributed by atoms with Crippen LogP contribution in [0.25, 0.3) is 6.08 Å². The Balaban J connectivity index is 1.80. The zero-order valence-corrected chi connectivity index (χ0v) is 18.9. The van der Waals surface area contributed by atoms with E-state index in [1.807, 2.05) is 43.3 Å². The molecule has 30 heavy (non-hydrogen) atoms. The van der Waals surface area contributed by atoms with Gasteiger partial charge in [0.05, 0.1) is 11.5 Å². The fourth-order valence-corrected chi connectivity index (χ4v) is 4.05. The normalized spacial score (nSPS) is 15.0. The highest BCUT2D eigenvalue weighted by Gasteiger charge is 2.36. The molecule has 0 bridgehead atoms. The van der Waals surface area contributed by atoms with Gasteiger partial charge in [-0.3, -0.25) is 19.3 Å². The lowest BCUT2D eigenvalue weighted by Gasteiger charge is -2.12. The summed E-state index contributed by atoms with van der Waals surface area (Å²) in [6.07, 6.45) is 1.60. The summed E-state index contributed by atoms with van der Waals surface area (Å²) in [5, 5.41) is -0.503. The molecule has 1 fully saturated rings. The summed E-state index contributed by atoms with van der Waals surface area (Å²) in [6.45, 7) is 3.84. The van der Waals surface area contributed by atoms with Gasteiger partial charge < -0.3 is 9.47 Å². The fraction of sp³-hybridized carbons (Fsp3) is 0.227. The van der Waals surface area contributed by atoms with E-state index < -0.39 is 23.7 Å². The summed E-state index contributed by atoms with van der Waals surface area (Å²) in [5.74, 6) is -0.565. The van der Waals surface area contributed by atoms with Crippen LogP contribution in [-0.2, 0) is 20.9 Å². The molecule has 1 aliphatic rings. The average molecular weight is 490 g/mol. The van der Waals surface area contributed by atoms with E-state index in [2.05, 4.69) is 15.9 Å². The first kappa shape index (κ1) is 22.1. The van der Waals surface area contributed by atoms with E-state index in [4.69, 9.17) is 9.47 Å². The van der Waals surface area contributed by atoms with Gasteiger partial charge in [0.25, 0.3) is 11.1 Å². The molecule has 2 aromatic rings. The minimum Gasteiger partial charge on any atom is -0.488 e. The van der Waals surface area contributed by atoms with Crippen molar-refractivity contribution >= 4 is 50.9 Å². The lowest BCUT2D eigenvalue weighted by atomic mass is 10.1. The van der Waals surface area contributed by atoms with Crippen LogP contribution in [0.15, 0.2) is 51.8 Å². The van der Waals surface area contributed by atoms with Crippen LogP contribution < -0.4 is 4.74 Å². The number of rotatable bonds is 7. The van der Waals surface area contributed by atoms with Gasteiger partial charge in [-0.05, 0) is 55.4 Å². The topological polar surface area (TPSA) is 72.9 Å². The van der Waals surface area contributed by atoms with Gasteiger partial charge in [-0.15, -0.1) is 0 Å². The highest BCUT2D eigenvalue weighted by molar-refractivity contribution is 9.10. The monoisotopic (exact) mass is 489 g/mol. The molecule has 0 aliphatic carbocycles. The Morgan fingerprint density at radius 1 is 1.20 bits per heavy atom. The summed E-state index contributed by atoms with van der Waals surface area (Å²) in [6, 6.07) is 13.5. The molecule has 2 amide bonds. The number of ether oxygens (including phenoxy) is 2. The second kappa shape index (κ2) is 9.95. The van der Waals surface area contributed by atoms with Crippen molar-refractivity contribution in [2.45, 2.75) is 20.5 Å².